The summed E-state index contributed by atoms with van der Waals surface area (Å²) in [6.07, 6.45) is -4.71. The Hall–Kier alpha value is -2.64. The fourth-order valence-electron chi connectivity index (χ4n) is 3.66. The number of hydrogen-bond acceptors (Lipinski definition) is 8. The Balaban J connectivity index is 1.60. The van der Waals surface area contributed by atoms with Gasteiger partial charge in [0.2, 0.25) is 12.1 Å². The molecule has 0 saturated carbocycles. The van der Waals surface area contributed by atoms with E-state index in [0.29, 0.717) is 30.5 Å². The minimum Gasteiger partial charge on any atom is -0.444 e. The Labute approximate surface area is 188 Å². The summed E-state index contributed by atoms with van der Waals surface area (Å²) in [6.45, 7) is 5.09. The monoisotopic (exact) mass is 474 g/mol. The molecule has 184 valence electrons. The highest BCUT2D eigenvalue weighted by atomic mass is 19.3. The molecule has 0 aromatic carbocycles. The second kappa shape index (κ2) is 9.31. The van der Waals surface area contributed by atoms with Gasteiger partial charge in [-0.25, -0.2) is 9.59 Å². The number of likely N-dealkylation sites (tertiary alicyclic amines) is 1. The summed E-state index contributed by atoms with van der Waals surface area (Å²) in [5.74, 6) is -4.81. The fourth-order valence-corrected chi connectivity index (χ4v) is 3.66. The molecular formula is C20H28F2N4O7. The van der Waals surface area contributed by atoms with Crippen molar-refractivity contribution in [3.63, 3.8) is 0 Å². The van der Waals surface area contributed by atoms with E-state index in [1.807, 2.05) is 0 Å². The molecule has 2 fully saturated rings. The zero-order valence-electron chi connectivity index (χ0n) is 18.5. The number of nitrogens with zero attached hydrogens (tertiary/aromatic N) is 3. The predicted molar refractivity (Wildman–Crippen MR) is 110 cm³/mol. The van der Waals surface area contributed by atoms with Gasteiger partial charge in [0.05, 0.1) is 6.61 Å². The zero-order valence-corrected chi connectivity index (χ0v) is 18.5. The van der Waals surface area contributed by atoms with E-state index >= 15 is 0 Å². The van der Waals surface area contributed by atoms with Crippen LogP contribution < -0.4 is 11.0 Å². The number of hydrogen-bond donors (Lipinski definition) is 3. The summed E-state index contributed by atoms with van der Waals surface area (Å²) in [4.78, 5) is 42.1. The largest absolute Gasteiger partial charge is 0.444 e. The van der Waals surface area contributed by atoms with E-state index in [4.69, 9.17) is 14.6 Å². The van der Waals surface area contributed by atoms with Gasteiger partial charge in [-0.3, -0.25) is 9.36 Å². The van der Waals surface area contributed by atoms with Crippen molar-refractivity contribution in [2.45, 2.75) is 63.6 Å². The molecular weight excluding hydrogens is 446 g/mol. The molecule has 3 heterocycles. The van der Waals surface area contributed by atoms with Crippen molar-refractivity contribution in [3.05, 3.63) is 22.7 Å². The van der Waals surface area contributed by atoms with Crippen LogP contribution in [0.1, 0.15) is 39.8 Å². The Morgan fingerprint density at radius 2 is 1.97 bits per heavy atom. The summed E-state index contributed by atoms with van der Waals surface area (Å²) in [5.41, 5.74) is -1.75. The number of ether oxygens (including phenoxy) is 2. The number of alkyl halides is 2. The molecule has 0 bridgehead atoms. The van der Waals surface area contributed by atoms with Gasteiger partial charge in [0.25, 0.3) is 0 Å². The highest BCUT2D eigenvalue weighted by Crippen LogP contribution is 2.42. The van der Waals surface area contributed by atoms with E-state index in [1.54, 1.807) is 20.8 Å². The summed E-state index contributed by atoms with van der Waals surface area (Å²) in [7, 11) is 0. The number of carbonyl (C=O) groups is 2. The molecule has 0 aliphatic carbocycles. The number of carbonyl (C=O) groups excluding carboxylic acids is 2. The highest BCUT2D eigenvalue weighted by Gasteiger charge is 2.59. The number of aromatic nitrogens is 2. The lowest BCUT2D eigenvalue weighted by molar-refractivity contribution is -0.141. The van der Waals surface area contributed by atoms with Crippen molar-refractivity contribution in [1.29, 1.82) is 0 Å². The number of amides is 2. The van der Waals surface area contributed by atoms with Crippen molar-refractivity contribution in [2.24, 2.45) is 5.92 Å². The van der Waals surface area contributed by atoms with Crippen LogP contribution in [0, 0.1) is 5.92 Å². The molecule has 13 heteroatoms. The maximum atomic E-state index is 14.3. The van der Waals surface area contributed by atoms with Gasteiger partial charge < -0.3 is 29.9 Å². The van der Waals surface area contributed by atoms with Gasteiger partial charge in [-0.05, 0) is 39.7 Å². The van der Waals surface area contributed by atoms with Crippen LogP contribution in [0.5, 0.6) is 0 Å². The molecule has 2 amide bonds. The van der Waals surface area contributed by atoms with Gasteiger partial charge in [-0.15, -0.1) is 0 Å². The van der Waals surface area contributed by atoms with Crippen LogP contribution >= 0.6 is 0 Å². The van der Waals surface area contributed by atoms with Crippen LogP contribution in [-0.2, 0) is 14.3 Å². The van der Waals surface area contributed by atoms with E-state index in [0.717, 1.165) is 12.3 Å². The van der Waals surface area contributed by atoms with E-state index < -0.39 is 60.2 Å². The lowest BCUT2D eigenvalue weighted by atomic mass is 9.96. The number of aliphatic hydroxyl groups excluding tert-OH is 2. The standard InChI is InChI=1S/C20H28F2N4O7/c1-19(2,3)33-18(31)25-7-4-11(5-8-25)15(29)23-13-6-9-26(17(30)24-13)16-20(21,22)14(28)12(10-27)32-16/h6,9,11-12,14,16,27-28H,4-5,7-8,10H2,1-3H3,(H,23,24,29,30). The Bertz CT molecular complexity index is 941. The average molecular weight is 474 g/mol. The Kier molecular flexibility index (Phi) is 7.05. The first-order valence-electron chi connectivity index (χ1n) is 10.5. The molecule has 3 unspecified atom stereocenters. The smallest absolute Gasteiger partial charge is 0.410 e. The molecule has 2 saturated heterocycles. The number of piperidine rings is 1. The van der Waals surface area contributed by atoms with Crippen molar-refractivity contribution in [3.8, 4) is 0 Å². The van der Waals surface area contributed by atoms with Crippen LogP contribution in [0.2, 0.25) is 0 Å². The summed E-state index contributed by atoms with van der Waals surface area (Å²) >= 11 is 0. The van der Waals surface area contributed by atoms with E-state index in [9.17, 15) is 28.3 Å². The normalized spacial score (nSPS) is 25.7. The third-order valence-electron chi connectivity index (χ3n) is 5.41. The second-order valence-electron chi connectivity index (χ2n) is 9.06. The zero-order chi connectivity index (χ0) is 24.6. The molecule has 0 radical (unpaired) electrons. The highest BCUT2D eigenvalue weighted by molar-refractivity contribution is 5.91. The molecule has 0 spiro atoms. The summed E-state index contributed by atoms with van der Waals surface area (Å²) in [5, 5.41) is 21.2. The number of rotatable bonds is 4. The number of nitrogens with one attached hydrogen (secondary N) is 1. The predicted octanol–water partition coefficient (Wildman–Crippen LogP) is 0.715. The molecule has 1 aromatic rings. The van der Waals surface area contributed by atoms with Crippen LogP contribution in [0.25, 0.3) is 0 Å². The van der Waals surface area contributed by atoms with Gasteiger partial charge in [-0.2, -0.15) is 13.8 Å². The third-order valence-corrected chi connectivity index (χ3v) is 5.41. The summed E-state index contributed by atoms with van der Waals surface area (Å²) < 4.78 is 39.2. The SMILES string of the molecule is CC(C)(C)OC(=O)N1CCC(C(=O)Nc2ccn(C3OC(CO)C(O)C3(F)F)c(=O)n2)CC1. The molecule has 33 heavy (non-hydrogen) atoms. The topological polar surface area (TPSA) is 143 Å². The molecule has 11 nitrogen and oxygen atoms in total. The molecule has 2 aliphatic rings. The lowest BCUT2D eigenvalue weighted by Gasteiger charge is -2.32. The van der Waals surface area contributed by atoms with E-state index in [2.05, 4.69) is 10.3 Å². The van der Waals surface area contributed by atoms with Crippen molar-refractivity contribution in [2.75, 3.05) is 25.0 Å². The van der Waals surface area contributed by atoms with Crippen molar-refractivity contribution in [1.82, 2.24) is 14.5 Å². The molecule has 3 atom stereocenters. The average Bonchev–Trinajstić information content (AvgIpc) is 2.96. The van der Waals surface area contributed by atoms with Crippen LogP contribution in [0.4, 0.5) is 19.4 Å². The van der Waals surface area contributed by atoms with Gasteiger partial charge in [0.15, 0.2) is 6.10 Å². The number of halogens is 2. The first kappa shape index (κ1) is 25.0. The van der Waals surface area contributed by atoms with Gasteiger partial charge in [0, 0.05) is 25.2 Å². The first-order chi connectivity index (χ1) is 15.3. The molecule has 2 aliphatic heterocycles. The Morgan fingerprint density at radius 3 is 2.48 bits per heavy atom. The van der Waals surface area contributed by atoms with E-state index in [1.165, 1.54) is 4.90 Å². The van der Waals surface area contributed by atoms with Gasteiger partial charge >= 0.3 is 17.7 Å². The van der Waals surface area contributed by atoms with Crippen molar-refractivity contribution >= 4 is 17.8 Å². The quantitative estimate of drug-likeness (QED) is 0.579. The summed E-state index contributed by atoms with van der Waals surface area (Å²) in [6, 6.07) is 1.16. The minimum absolute atomic E-state index is 0.128. The second-order valence-corrected chi connectivity index (χ2v) is 9.06. The molecule has 3 N–H and O–H groups in total. The minimum atomic E-state index is -3.83. The Morgan fingerprint density at radius 1 is 1.33 bits per heavy atom. The van der Waals surface area contributed by atoms with Gasteiger partial charge in [0.1, 0.15) is 17.5 Å². The van der Waals surface area contributed by atoms with Gasteiger partial charge in [-0.1, -0.05) is 0 Å². The third kappa shape index (κ3) is 5.47. The van der Waals surface area contributed by atoms with Crippen LogP contribution in [0.3, 0.4) is 0 Å². The van der Waals surface area contributed by atoms with Crippen LogP contribution in [-0.4, -0.2) is 80.1 Å². The number of anilines is 1. The molecule has 1 aromatic heterocycles. The fraction of sp³-hybridized carbons (Fsp3) is 0.700. The van der Waals surface area contributed by atoms with Crippen molar-refractivity contribution < 1.29 is 38.1 Å². The molecule has 3 rings (SSSR count). The maximum absolute atomic E-state index is 14.3. The van der Waals surface area contributed by atoms with Crippen LogP contribution in [0.15, 0.2) is 17.1 Å². The maximum Gasteiger partial charge on any atom is 0.410 e. The first-order valence-corrected chi connectivity index (χ1v) is 10.5. The van der Waals surface area contributed by atoms with E-state index in [-0.39, 0.29) is 5.82 Å². The lowest BCUT2D eigenvalue weighted by Crippen LogP contribution is -2.44. The number of aliphatic hydroxyl groups is 2.